The first-order valence-electron chi connectivity index (χ1n) is 7.24. The highest BCUT2D eigenvalue weighted by molar-refractivity contribution is 5.77. The number of alkyl halides is 3. The van der Waals surface area contributed by atoms with Crippen molar-refractivity contribution in [3.05, 3.63) is 29.3 Å². The lowest BCUT2D eigenvalue weighted by molar-refractivity contribution is -0.137. The normalized spacial score (nSPS) is 15.7. The molecule has 1 aromatic rings. The number of hydrogen-bond donors (Lipinski definition) is 2. The van der Waals surface area contributed by atoms with Gasteiger partial charge < -0.3 is 15.8 Å². The Hall–Kier alpha value is -1.64. The number of carbonyl (C=O) groups excluding carboxylic acids is 1. The molecule has 0 bridgehead atoms. The highest BCUT2D eigenvalue weighted by Crippen LogP contribution is 2.30. The van der Waals surface area contributed by atoms with Crippen LogP contribution in [0.25, 0.3) is 0 Å². The van der Waals surface area contributed by atoms with Gasteiger partial charge in [0.25, 0.3) is 0 Å². The van der Waals surface area contributed by atoms with Crippen LogP contribution in [0.15, 0.2) is 18.2 Å². The van der Waals surface area contributed by atoms with Crippen molar-refractivity contribution < 1.29 is 22.7 Å². The lowest BCUT2D eigenvalue weighted by Crippen LogP contribution is -2.39. The van der Waals surface area contributed by atoms with Crippen LogP contribution in [0.4, 0.5) is 18.9 Å². The number of likely N-dealkylation sites (N-methyl/N-ethyl adjacent to an activating group) is 1. The summed E-state index contributed by atoms with van der Waals surface area (Å²) in [5, 5.41) is 3.13. The quantitative estimate of drug-likeness (QED) is 0.648. The Morgan fingerprint density at radius 2 is 1.96 bits per heavy atom. The number of anilines is 1. The van der Waals surface area contributed by atoms with Crippen molar-refractivity contribution in [1.29, 1.82) is 0 Å². The van der Waals surface area contributed by atoms with Crippen LogP contribution in [0.2, 0.25) is 0 Å². The Balaban J connectivity index is 0.000000238. The second-order valence-electron chi connectivity index (χ2n) is 5.06. The predicted octanol–water partition coefficient (Wildman–Crippen LogP) is 1.64. The van der Waals surface area contributed by atoms with Gasteiger partial charge in [0.1, 0.15) is 6.29 Å². The Morgan fingerprint density at radius 3 is 2.48 bits per heavy atom. The number of rotatable bonds is 4. The minimum absolute atomic E-state index is 0.0723. The molecule has 1 saturated heterocycles. The molecular weight excluding hydrogens is 311 g/mol. The van der Waals surface area contributed by atoms with Crippen molar-refractivity contribution >= 4 is 12.0 Å². The smallest absolute Gasteiger partial charge is 0.399 e. The number of nitrogens with two attached hydrogens (primary N) is 1. The molecular formula is C15H22F3N3O2. The Morgan fingerprint density at radius 1 is 1.30 bits per heavy atom. The molecule has 0 aromatic heterocycles. The number of nitrogens with one attached hydrogen (secondary N) is 1. The molecule has 0 atom stereocenters. The molecule has 2 rings (SSSR count). The van der Waals surface area contributed by atoms with Crippen LogP contribution in [0.5, 0.6) is 0 Å². The number of nitrogen functional groups attached to an aromatic ring is 1. The maximum atomic E-state index is 12.1. The van der Waals surface area contributed by atoms with Gasteiger partial charge in [0, 0.05) is 37.4 Å². The summed E-state index contributed by atoms with van der Waals surface area (Å²) in [5.41, 5.74) is 4.12. The van der Waals surface area contributed by atoms with Gasteiger partial charge in [-0.15, -0.1) is 0 Å². The monoisotopic (exact) mass is 333 g/mol. The molecule has 0 unspecified atom stereocenters. The van der Waals surface area contributed by atoms with Gasteiger partial charge in [0.15, 0.2) is 0 Å². The van der Waals surface area contributed by atoms with Crippen LogP contribution in [0.1, 0.15) is 15.9 Å². The lowest BCUT2D eigenvalue weighted by atomic mass is 10.1. The van der Waals surface area contributed by atoms with Gasteiger partial charge in [-0.1, -0.05) is 0 Å². The third-order valence-electron chi connectivity index (χ3n) is 3.22. The third-order valence-corrected chi connectivity index (χ3v) is 3.22. The average Bonchev–Trinajstić information content (AvgIpc) is 2.53. The van der Waals surface area contributed by atoms with E-state index in [4.69, 9.17) is 10.5 Å². The van der Waals surface area contributed by atoms with Crippen molar-refractivity contribution in [3.8, 4) is 0 Å². The average molecular weight is 333 g/mol. The van der Waals surface area contributed by atoms with E-state index >= 15 is 0 Å². The fourth-order valence-corrected chi connectivity index (χ4v) is 2.00. The Kier molecular flexibility index (Phi) is 8.01. The topological polar surface area (TPSA) is 67.6 Å². The zero-order valence-corrected chi connectivity index (χ0v) is 13.0. The highest BCUT2D eigenvalue weighted by Gasteiger charge is 2.30. The fraction of sp³-hybridized carbons (Fsp3) is 0.533. The maximum absolute atomic E-state index is 12.1. The van der Waals surface area contributed by atoms with Gasteiger partial charge in [-0.25, -0.2) is 0 Å². The molecule has 0 radical (unpaired) electrons. The van der Waals surface area contributed by atoms with E-state index in [1.165, 1.54) is 6.07 Å². The molecule has 130 valence electrons. The molecule has 3 N–H and O–H groups in total. The molecule has 1 fully saturated rings. The zero-order chi connectivity index (χ0) is 17.3. The summed E-state index contributed by atoms with van der Waals surface area (Å²) in [6.45, 7) is 6.25. The molecule has 1 heterocycles. The Labute approximate surface area is 133 Å². The van der Waals surface area contributed by atoms with Gasteiger partial charge in [-0.3, -0.25) is 9.69 Å². The van der Waals surface area contributed by atoms with E-state index in [9.17, 15) is 18.0 Å². The van der Waals surface area contributed by atoms with Gasteiger partial charge in [0.2, 0.25) is 0 Å². The zero-order valence-electron chi connectivity index (χ0n) is 13.0. The minimum Gasteiger partial charge on any atom is -0.399 e. The van der Waals surface area contributed by atoms with Crippen molar-refractivity contribution in [1.82, 2.24) is 10.2 Å². The number of ether oxygens (including phenoxy) is 1. The number of halogens is 3. The summed E-state index contributed by atoms with van der Waals surface area (Å²) in [6, 6.07) is 2.72. The van der Waals surface area contributed by atoms with Crippen molar-refractivity contribution in [2.24, 2.45) is 0 Å². The highest BCUT2D eigenvalue weighted by atomic mass is 19.4. The molecule has 1 aliphatic rings. The Bertz CT molecular complexity index is 489. The SMILES string of the molecule is CNCCN1CCOCC1.Nc1cc(C=O)cc(C(F)(F)F)c1. The van der Waals surface area contributed by atoms with Gasteiger partial charge in [-0.05, 0) is 25.2 Å². The van der Waals surface area contributed by atoms with Crippen LogP contribution in [0.3, 0.4) is 0 Å². The summed E-state index contributed by atoms with van der Waals surface area (Å²) in [4.78, 5) is 12.6. The summed E-state index contributed by atoms with van der Waals surface area (Å²) in [5.74, 6) is 0. The van der Waals surface area contributed by atoms with Crippen LogP contribution in [0, 0.1) is 0 Å². The number of hydrogen-bond acceptors (Lipinski definition) is 5. The first-order chi connectivity index (χ1) is 10.9. The summed E-state index contributed by atoms with van der Waals surface area (Å²) < 4.78 is 41.6. The number of benzene rings is 1. The first kappa shape index (κ1) is 19.4. The van der Waals surface area contributed by atoms with E-state index in [2.05, 4.69) is 10.2 Å². The fourth-order valence-electron chi connectivity index (χ4n) is 2.00. The summed E-state index contributed by atoms with van der Waals surface area (Å²) in [6.07, 6.45) is -4.14. The van der Waals surface area contributed by atoms with Gasteiger partial charge in [-0.2, -0.15) is 13.2 Å². The molecule has 5 nitrogen and oxygen atoms in total. The third kappa shape index (κ3) is 7.45. The largest absolute Gasteiger partial charge is 0.416 e. The molecule has 23 heavy (non-hydrogen) atoms. The number of nitrogens with zero attached hydrogens (tertiary/aromatic N) is 1. The van der Waals surface area contributed by atoms with Crippen LogP contribution >= 0.6 is 0 Å². The minimum atomic E-state index is -4.47. The standard InChI is InChI=1S/C8H6F3NO.C7H16N2O/c9-8(10,11)6-1-5(4-13)2-7(12)3-6;1-8-2-3-9-4-6-10-7-5-9/h1-4H,12H2;8H,2-7H2,1H3. The number of morpholine rings is 1. The van der Waals surface area contributed by atoms with Crippen LogP contribution in [-0.4, -0.2) is 57.6 Å². The van der Waals surface area contributed by atoms with E-state index in [1.807, 2.05) is 7.05 Å². The second-order valence-corrected chi connectivity index (χ2v) is 5.06. The van der Waals surface area contributed by atoms with E-state index < -0.39 is 11.7 Å². The van der Waals surface area contributed by atoms with E-state index in [1.54, 1.807) is 0 Å². The second kappa shape index (κ2) is 9.49. The number of aldehydes is 1. The molecule has 0 amide bonds. The molecule has 0 saturated carbocycles. The molecule has 0 spiro atoms. The molecule has 1 aliphatic heterocycles. The predicted molar refractivity (Wildman–Crippen MR) is 82.4 cm³/mol. The molecule has 0 aliphatic carbocycles. The van der Waals surface area contributed by atoms with Gasteiger partial charge in [0.05, 0.1) is 18.8 Å². The maximum Gasteiger partial charge on any atom is 0.416 e. The lowest BCUT2D eigenvalue weighted by Gasteiger charge is -2.26. The van der Waals surface area contributed by atoms with Crippen LogP contribution in [-0.2, 0) is 10.9 Å². The first-order valence-corrected chi connectivity index (χ1v) is 7.24. The van der Waals surface area contributed by atoms with Crippen molar-refractivity contribution in [2.45, 2.75) is 6.18 Å². The summed E-state index contributed by atoms with van der Waals surface area (Å²) >= 11 is 0. The summed E-state index contributed by atoms with van der Waals surface area (Å²) in [7, 11) is 1.99. The van der Waals surface area contributed by atoms with Gasteiger partial charge >= 0.3 is 6.18 Å². The molecule has 8 heteroatoms. The van der Waals surface area contributed by atoms with E-state index in [0.29, 0.717) is 6.29 Å². The van der Waals surface area contributed by atoms with E-state index in [-0.39, 0.29) is 11.3 Å². The van der Waals surface area contributed by atoms with Crippen molar-refractivity contribution in [2.75, 3.05) is 52.2 Å². The van der Waals surface area contributed by atoms with E-state index in [0.717, 1.165) is 51.5 Å². The van der Waals surface area contributed by atoms with Crippen molar-refractivity contribution in [3.63, 3.8) is 0 Å². The molecule has 1 aromatic carbocycles. The van der Waals surface area contributed by atoms with Crippen LogP contribution < -0.4 is 11.1 Å². The number of carbonyl (C=O) groups is 1.